The predicted molar refractivity (Wildman–Crippen MR) is 99.6 cm³/mol. The molecule has 140 valence electrons. The van der Waals surface area contributed by atoms with Gasteiger partial charge in [0.15, 0.2) is 17.3 Å². The van der Waals surface area contributed by atoms with Crippen molar-refractivity contribution in [1.82, 2.24) is 0 Å². The number of hydrogen-bond donors (Lipinski definition) is 1. The Kier molecular flexibility index (Phi) is 4.96. The summed E-state index contributed by atoms with van der Waals surface area (Å²) < 4.78 is 15.4. The van der Waals surface area contributed by atoms with Crippen LogP contribution in [-0.2, 0) is 9.59 Å². The molecule has 1 aliphatic heterocycles. The van der Waals surface area contributed by atoms with Crippen molar-refractivity contribution in [1.29, 1.82) is 0 Å². The number of halogens is 1. The third kappa shape index (κ3) is 3.06. The summed E-state index contributed by atoms with van der Waals surface area (Å²) in [7, 11) is 4.38. The number of amides is 2. The van der Waals surface area contributed by atoms with Gasteiger partial charge in [-0.2, -0.15) is 0 Å². The summed E-state index contributed by atoms with van der Waals surface area (Å²) in [6, 6.07) is 9.11. The van der Waals surface area contributed by atoms with E-state index >= 15 is 0 Å². The lowest BCUT2D eigenvalue weighted by Crippen LogP contribution is -2.31. The normalized spacial score (nSPS) is 14.0. The van der Waals surface area contributed by atoms with E-state index in [1.54, 1.807) is 12.1 Å². The van der Waals surface area contributed by atoms with Crippen LogP contribution < -0.4 is 19.1 Å². The third-order valence-corrected chi connectivity index (χ3v) is 4.42. The Morgan fingerprint density at radius 3 is 2.07 bits per heavy atom. The third-order valence-electron chi connectivity index (χ3n) is 4.13. The SMILES string of the molecule is COc1ccc(N2C(=O)C(O)=C(c3ccc(OC)c(OC)c3)C2=O)cc1Cl. The number of aliphatic hydroxyl groups is 1. The molecule has 0 aliphatic carbocycles. The van der Waals surface area contributed by atoms with Crippen molar-refractivity contribution in [3.63, 3.8) is 0 Å². The molecular weight excluding hydrogens is 374 g/mol. The van der Waals surface area contributed by atoms with Crippen molar-refractivity contribution >= 4 is 34.7 Å². The van der Waals surface area contributed by atoms with Crippen LogP contribution in [0.4, 0.5) is 5.69 Å². The van der Waals surface area contributed by atoms with Crippen LogP contribution in [0.3, 0.4) is 0 Å². The maximum absolute atomic E-state index is 12.9. The van der Waals surface area contributed by atoms with Gasteiger partial charge in [-0.05, 0) is 35.9 Å². The number of carbonyl (C=O) groups is 2. The number of nitrogens with zero attached hydrogens (tertiary/aromatic N) is 1. The molecule has 8 heteroatoms. The van der Waals surface area contributed by atoms with Crippen LogP contribution >= 0.6 is 11.6 Å². The average Bonchev–Trinajstić information content (AvgIpc) is 2.89. The van der Waals surface area contributed by atoms with Crippen LogP contribution in [-0.4, -0.2) is 38.3 Å². The second kappa shape index (κ2) is 7.20. The first kappa shape index (κ1) is 18.6. The van der Waals surface area contributed by atoms with Crippen molar-refractivity contribution in [2.75, 3.05) is 26.2 Å². The molecule has 0 bridgehead atoms. The van der Waals surface area contributed by atoms with Gasteiger partial charge in [0.05, 0.1) is 37.6 Å². The number of carbonyl (C=O) groups excluding carboxylic acids is 2. The molecule has 0 spiro atoms. The topological polar surface area (TPSA) is 85.3 Å². The maximum atomic E-state index is 12.9. The predicted octanol–water partition coefficient (Wildman–Crippen LogP) is 3.21. The van der Waals surface area contributed by atoms with Crippen molar-refractivity contribution < 1.29 is 28.9 Å². The van der Waals surface area contributed by atoms with Gasteiger partial charge in [-0.3, -0.25) is 9.59 Å². The van der Waals surface area contributed by atoms with Crippen molar-refractivity contribution in [3.05, 3.63) is 52.7 Å². The molecule has 0 fully saturated rings. The Labute approximate surface area is 160 Å². The van der Waals surface area contributed by atoms with E-state index in [1.807, 2.05) is 0 Å². The summed E-state index contributed by atoms with van der Waals surface area (Å²) in [5.41, 5.74) is 0.413. The van der Waals surface area contributed by atoms with E-state index in [4.69, 9.17) is 25.8 Å². The van der Waals surface area contributed by atoms with E-state index in [1.165, 1.54) is 45.6 Å². The Morgan fingerprint density at radius 2 is 1.48 bits per heavy atom. The number of methoxy groups -OCH3 is 3. The van der Waals surface area contributed by atoms with Gasteiger partial charge in [-0.1, -0.05) is 17.7 Å². The van der Waals surface area contributed by atoms with E-state index < -0.39 is 17.6 Å². The van der Waals surface area contributed by atoms with Crippen molar-refractivity contribution in [2.24, 2.45) is 0 Å². The van der Waals surface area contributed by atoms with Gasteiger partial charge >= 0.3 is 5.91 Å². The fraction of sp³-hybridized carbons (Fsp3) is 0.158. The molecule has 0 unspecified atom stereocenters. The van der Waals surface area contributed by atoms with Crippen LogP contribution in [0.5, 0.6) is 17.2 Å². The highest BCUT2D eigenvalue weighted by Crippen LogP contribution is 2.37. The Bertz CT molecular complexity index is 969. The molecule has 0 aromatic heterocycles. The minimum atomic E-state index is -0.842. The fourth-order valence-corrected chi connectivity index (χ4v) is 3.05. The maximum Gasteiger partial charge on any atom is 0.301 e. The van der Waals surface area contributed by atoms with E-state index in [0.29, 0.717) is 22.8 Å². The van der Waals surface area contributed by atoms with E-state index in [0.717, 1.165) is 4.90 Å². The summed E-state index contributed by atoms with van der Waals surface area (Å²) in [5.74, 6) is -0.952. The highest BCUT2D eigenvalue weighted by atomic mass is 35.5. The first-order valence-electron chi connectivity index (χ1n) is 7.80. The van der Waals surface area contributed by atoms with Gasteiger partial charge < -0.3 is 19.3 Å². The Hall–Kier alpha value is -3.19. The lowest BCUT2D eigenvalue weighted by atomic mass is 10.0. The number of imide groups is 1. The van der Waals surface area contributed by atoms with Gasteiger partial charge in [0.1, 0.15) is 5.75 Å². The van der Waals surface area contributed by atoms with Crippen LogP contribution in [0.1, 0.15) is 5.56 Å². The smallest absolute Gasteiger partial charge is 0.301 e. The number of rotatable bonds is 5. The average molecular weight is 390 g/mol. The highest BCUT2D eigenvalue weighted by molar-refractivity contribution is 6.45. The molecule has 0 saturated heterocycles. The molecule has 0 radical (unpaired) electrons. The molecule has 7 nitrogen and oxygen atoms in total. The monoisotopic (exact) mass is 389 g/mol. The number of aliphatic hydroxyl groups excluding tert-OH is 1. The van der Waals surface area contributed by atoms with Crippen molar-refractivity contribution in [2.45, 2.75) is 0 Å². The summed E-state index contributed by atoms with van der Waals surface area (Å²) in [5, 5.41) is 10.5. The lowest BCUT2D eigenvalue weighted by Gasteiger charge is -2.16. The molecule has 3 rings (SSSR count). The van der Waals surface area contributed by atoms with Crippen LogP contribution in [0.2, 0.25) is 5.02 Å². The quantitative estimate of drug-likeness (QED) is 0.790. The number of ether oxygens (including phenoxy) is 3. The minimum Gasteiger partial charge on any atom is -0.502 e. The summed E-state index contributed by atoms with van der Waals surface area (Å²) in [6.07, 6.45) is 0. The standard InChI is InChI=1S/C19H16ClNO6/c1-25-13-7-5-11(9-12(13)20)21-18(23)16(17(22)19(21)24)10-4-6-14(26-2)15(8-10)27-3/h4-9,22H,1-3H3. The van der Waals surface area contributed by atoms with E-state index in [9.17, 15) is 14.7 Å². The van der Waals surface area contributed by atoms with Crippen molar-refractivity contribution in [3.8, 4) is 17.2 Å². The zero-order valence-corrected chi connectivity index (χ0v) is 15.5. The van der Waals surface area contributed by atoms with Gasteiger partial charge in [0.25, 0.3) is 5.91 Å². The van der Waals surface area contributed by atoms with Crippen LogP contribution in [0.15, 0.2) is 42.2 Å². The van der Waals surface area contributed by atoms with Crippen LogP contribution in [0.25, 0.3) is 5.57 Å². The second-order valence-corrected chi connectivity index (χ2v) is 5.97. The van der Waals surface area contributed by atoms with Gasteiger partial charge in [-0.25, -0.2) is 4.90 Å². The molecule has 1 aliphatic rings. The van der Waals surface area contributed by atoms with Crippen LogP contribution in [0, 0.1) is 0 Å². The van der Waals surface area contributed by atoms with E-state index in [-0.39, 0.29) is 16.3 Å². The molecule has 2 aromatic carbocycles. The highest BCUT2D eigenvalue weighted by Gasteiger charge is 2.40. The molecule has 2 amide bonds. The summed E-state index contributed by atoms with van der Waals surface area (Å²) >= 11 is 6.09. The number of anilines is 1. The van der Waals surface area contributed by atoms with Gasteiger partial charge in [0.2, 0.25) is 0 Å². The summed E-state index contributed by atoms with van der Waals surface area (Å²) in [6.45, 7) is 0. The summed E-state index contributed by atoms with van der Waals surface area (Å²) in [4.78, 5) is 26.3. The molecule has 27 heavy (non-hydrogen) atoms. The Balaban J connectivity index is 2.03. The first-order valence-corrected chi connectivity index (χ1v) is 8.18. The number of benzene rings is 2. The molecule has 0 saturated carbocycles. The van der Waals surface area contributed by atoms with E-state index in [2.05, 4.69) is 0 Å². The second-order valence-electron chi connectivity index (χ2n) is 5.56. The van der Waals surface area contributed by atoms with Gasteiger partial charge in [0, 0.05) is 0 Å². The molecule has 0 atom stereocenters. The van der Waals surface area contributed by atoms with Gasteiger partial charge in [-0.15, -0.1) is 0 Å². The first-order chi connectivity index (χ1) is 12.9. The molecule has 1 heterocycles. The molecule has 1 N–H and O–H groups in total. The zero-order valence-electron chi connectivity index (χ0n) is 14.8. The number of hydrogen-bond acceptors (Lipinski definition) is 6. The molecule has 2 aromatic rings. The lowest BCUT2D eigenvalue weighted by molar-refractivity contribution is -0.121. The Morgan fingerprint density at radius 1 is 0.852 bits per heavy atom. The molecular formula is C19H16ClNO6. The zero-order chi connectivity index (χ0) is 19.7. The fourth-order valence-electron chi connectivity index (χ4n) is 2.80. The largest absolute Gasteiger partial charge is 0.502 e. The minimum absolute atomic E-state index is 0.132.